The van der Waals surface area contributed by atoms with Crippen LogP contribution in [0.3, 0.4) is 0 Å². The second kappa shape index (κ2) is 5.64. The van der Waals surface area contributed by atoms with Crippen molar-refractivity contribution in [3.05, 3.63) is 0 Å². The number of hydrogen-bond donors (Lipinski definition) is 1. The van der Waals surface area contributed by atoms with Gasteiger partial charge in [0, 0.05) is 19.6 Å². The van der Waals surface area contributed by atoms with Crippen molar-refractivity contribution < 1.29 is 4.79 Å². The molecule has 0 radical (unpaired) electrons. The summed E-state index contributed by atoms with van der Waals surface area (Å²) in [5.41, 5.74) is 0. The first-order chi connectivity index (χ1) is 7.77. The monoisotopic (exact) mass is 225 g/mol. The lowest BCUT2D eigenvalue weighted by molar-refractivity contribution is -0.133. The summed E-state index contributed by atoms with van der Waals surface area (Å²) in [6.45, 7) is 4.96. The maximum Gasteiger partial charge on any atom is 0.239 e. The van der Waals surface area contributed by atoms with Gasteiger partial charge in [-0.05, 0) is 39.4 Å². The quantitative estimate of drug-likeness (QED) is 0.697. The number of hydrogen-bond acceptors (Lipinski definition) is 3. The molecule has 2 aliphatic heterocycles. The van der Waals surface area contributed by atoms with Gasteiger partial charge in [0.15, 0.2) is 0 Å². The predicted octanol–water partition coefficient (Wildman–Crippen LogP) is 0.293. The number of nitrogens with one attached hydrogen (secondary N) is 1. The van der Waals surface area contributed by atoms with Crippen molar-refractivity contribution in [2.24, 2.45) is 0 Å². The molecule has 0 aromatic carbocycles. The largest absolute Gasteiger partial charge is 0.340 e. The molecule has 2 saturated heterocycles. The van der Waals surface area contributed by atoms with E-state index in [2.05, 4.69) is 17.3 Å². The zero-order chi connectivity index (χ0) is 11.4. The molecule has 16 heavy (non-hydrogen) atoms. The van der Waals surface area contributed by atoms with Gasteiger partial charge >= 0.3 is 0 Å². The fourth-order valence-corrected chi connectivity index (χ4v) is 2.55. The highest BCUT2D eigenvalue weighted by molar-refractivity contribution is 5.82. The van der Waals surface area contributed by atoms with E-state index in [1.165, 1.54) is 12.8 Å². The normalized spacial score (nSPS) is 28.8. The first-order valence-corrected chi connectivity index (χ1v) is 6.48. The van der Waals surface area contributed by atoms with Gasteiger partial charge < -0.3 is 15.1 Å². The van der Waals surface area contributed by atoms with Crippen LogP contribution in [0, 0.1) is 0 Å². The summed E-state index contributed by atoms with van der Waals surface area (Å²) >= 11 is 0. The van der Waals surface area contributed by atoms with Gasteiger partial charge in [-0.25, -0.2) is 0 Å². The number of likely N-dealkylation sites (N-methyl/N-ethyl adjacent to an activating group) is 1. The van der Waals surface area contributed by atoms with Crippen LogP contribution < -0.4 is 5.32 Å². The molecule has 0 aromatic rings. The zero-order valence-electron chi connectivity index (χ0n) is 10.2. The average Bonchev–Trinajstić information content (AvgIpc) is 2.54. The molecule has 0 aliphatic carbocycles. The standard InChI is InChI=1S/C12H23N3O/c1-14-7-4-8-15(10-9-14)12(16)11-5-2-3-6-13-11/h11,13H,2-10H2,1H3. The highest BCUT2D eigenvalue weighted by atomic mass is 16.2. The van der Waals surface area contributed by atoms with Crippen LogP contribution in [0.1, 0.15) is 25.7 Å². The molecule has 0 aromatic heterocycles. The molecule has 2 fully saturated rings. The average molecular weight is 225 g/mol. The van der Waals surface area contributed by atoms with Gasteiger partial charge in [-0.2, -0.15) is 0 Å². The van der Waals surface area contributed by atoms with Crippen molar-refractivity contribution >= 4 is 5.91 Å². The van der Waals surface area contributed by atoms with Gasteiger partial charge in [0.05, 0.1) is 6.04 Å². The van der Waals surface area contributed by atoms with Crippen LogP contribution in [-0.4, -0.2) is 61.5 Å². The molecule has 2 heterocycles. The highest BCUT2D eigenvalue weighted by Gasteiger charge is 2.26. The Balaban J connectivity index is 1.87. The van der Waals surface area contributed by atoms with Crippen LogP contribution in [0.25, 0.3) is 0 Å². The van der Waals surface area contributed by atoms with Crippen molar-refractivity contribution in [1.29, 1.82) is 0 Å². The third-order valence-corrected chi connectivity index (χ3v) is 3.64. The van der Waals surface area contributed by atoms with Crippen LogP contribution >= 0.6 is 0 Å². The van der Waals surface area contributed by atoms with Crippen LogP contribution in [0.2, 0.25) is 0 Å². The Kier molecular flexibility index (Phi) is 4.18. The third-order valence-electron chi connectivity index (χ3n) is 3.64. The minimum atomic E-state index is 0.0946. The third kappa shape index (κ3) is 2.95. The van der Waals surface area contributed by atoms with E-state index in [-0.39, 0.29) is 6.04 Å². The van der Waals surface area contributed by atoms with Gasteiger partial charge in [-0.1, -0.05) is 6.42 Å². The Labute approximate surface area is 98.0 Å². The number of nitrogens with zero attached hydrogens (tertiary/aromatic N) is 2. The summed E-state index contributed by atoms with van der Waals surface area (Å²) in [6, 6.07) is 0.0946. The van der Waals surface area contributed by atoms with Crippen LogP contribution in [0.15, 0.2) is 0 Å². The topological polar surface area (TPSA) is 35.6 Å². The summed E-state index contributed by atoms with van der Waals surface area (Å²) < 4.78 is 0. The fourth-order valence-electron chi connectivity index (χ4n) is 2.55. The minimum absolute atomic E-state index is 0.0946. The molecule has 2 aliphatic rings. The molecule has 2 rings (SSSR count). The van der Waals surface area contributed by atoms with E-state index in [9.17, 15) is 4.79 Å². The second-order valence-electron chi connectivity index (χ2n) is 4.98. The van der Waals surface area contributed by atoms with Crippen LogP contribution in [0.5, 0.6) is 0 Å². The van der Waals surface area contributed by atoms with E-state index >= 15 is 0 Å². The number of carbonyl (C=O) groups is 1. The number of rotatable bonds is 1. The van der Waals surface area contributed by atoms with Crippen molar-refractivity contribution in [2.75, 3.05) is 39.8 Å². The van der Waals surface area contributed by atoms with Crippen molar-refractivity contribution in [3.8, 4) is 0 Å². The molecule has 1 amide bonds. The minimum Gasteiger partial charge on any atom is -0.340 e. The molecule has 1 unspecified atom stereocenters. The summed E-state index contributed by atoms with van der Waals surface area (Å²) in [4.78, 5) is 16.6. The Morgan fingerprint density at radius 1 is 1.12 bits per heavy atom. The maximum atomic E-state index is 12.3. The molecule has 1 N–H and O–H groups in total. The lowest BCUT2D eigenvalue weighted by atomic mass is 10.0. The highest BCUT2D eigenvalue weighted by Crippen LogP contribution is 2.11. The van der Waals surface area contributed by atoms with Crippen molar-refractivity contribution in [2.45, 2.75) is 31.7 Å². The molecule has 4 nitrogen and oxygen atoms in total. The fraction of sp³-hybridized carbons (Fsp3) is 0.917. The first kappa shape index (κ1) is 11.9. The van der Waals surface area contributed by atoms with E-state index in [1.807, 2.05) is 4.90 Å². The van der Waals surface area contributed by atoms with Gasteiger partial charge in [0.25, 0.3) is 0 Å². The molecule has 0 bridgehead atoms. The molecule has 0 saturated carbocycles. The Bertz CT molecular complexity index is 238. The van der Waals surface area contributed by atoms with Crippen molar-refractivity contribution in [3.63, 3.8) is 0 Å². The number of amides is 1. The van der Waals surface area contributed by atoms with E-state index in [0.717, 1.165) is 45.6 Å². The van der Waals surface area contributed by atoms with Crippen LogP contribution in [0.4, 0.5) is 0 Å². The van der Waals surface area contributed by atoms with E-state index in [0.29, 0.717) is 5.91 Å². The Hall–Kier alpha value is -0.610. The summed E-state index contributed by atoms with van der Waals surface area (Å²) in [5.74, 6) is 0.329. The predicted molar refractivity (Wildman–Crippen MR) is 64.3 cm³/mol. The van der Waals surface area contributed by atoms with E-state index < -0.39 is 0 Å². The Morgan fingerprint density at radius 3 is 2.75 bits per heavy atom. The maximum absolute atomic E-state index is 12.3. The number of carbonyl (C=O) groups excluding carboxylic acids is 1. The lowest BCUT2D eigenvalue weighted by Crippen LogP contribution is -2.49. The van der Waals surface area contributed by atoms with E-state index in [1.54, 1.807) is 0 Å². The van der Waals surface area contributed by atoms with E-state index in [4.69, 9.17) is 0 Å². The molecule has 1 atom stereocenters. The number of piperidine rings is 1. The SMILES string of the molecule is CN1CCCN(C(=O)C2CCCCN2)CC1. The molecule has 0 spiro atoms. The molecular formula is C12H23N3O. The van der Waals surface area contributed by atoms with Gasteiger partial charge in [0.2, 0.25) is 5.91 Å². The molecule has 4 heteroatoms. The zero-order valence-corrected chi connectivity index (χ0v) is 10.2. The summed E-state index contributed by atoms with van der Waals surface area (Å²) in [5, 5.41) is 3.34. The van der Waals surface area contributed by atoms with Crippen molar-refractivity contribution in [1.82, 2.24) is 15.1 Å². The van der Waals surface area contributed by atoms with Gasteiger partial charge in [0.1, 0.15) is 0 Å². The molecule has 92 valence electrons. The first-order valence-electron chi connectivity index (χ1n) is 6.48. The second-order valence-corrected chi connectivity index (χ2v) is 4.98. The van der Waals surface area contributed by atoms with Gasteiger partial charge in [-0.15, -0.1) is 0 Å². The smallest absolute Gasteiger partial charge is 0.239 e. The summed E-state index contributed by atoms with van der Waals surface area (Å²) in [6.07, 6.45) is 4.53. The molecular weight excluding hydrogens is 202 g/mol. The van der Waals surface area contributed by atoms with Gasteiger partial charge in [-0.3, -0.25) is 4.79 Å². The lowest BCUT2D eigenvalue weighted by Gasteiger charge is -2.29. The van der Waals surface area contributed by atoms with Crippen LogP contribution in [-0.2, 0) is 4.79 Å². The Morgan fingerprint density at radius 2 is 2.00 bits per heavy atom. The summed E-state index contributed by atoms with van der Waals surface area (Å²) in [7, 11) is 2.13.